The molecule has 0 unspecified atom stereocenters. The van der Waals surface area contributed by atoms with Crippen molar-refractivity contribution in [3.63, 3.8) is 0 Å². The first kappa shape index (κ1) is 18.7. The molecular formula is C17H30N2O. The third-order valence-electron chi connectivity index (χ3n) is 3.03. The number of carbonyl (C=O) groups excluding carboxylic acids is 1. The van der Waals surface area contributed by atoms with Gasteiger partial charge in [-0.1, -0.05) is 44.7 Å². The summed E-state index contributed by atoms with van der Waals surface area (Å²) in [6.07, 6.45) is 10.3. The lowest BCUT2D eigenvalue weighted by Gasteiger charge is -2.15. The number of hydrogen-bond acceptors (Lipinski definition) is 2. The summed E-state index contributed by atoms with van der Waals surface area (Å²) in [5.41, 5.74) is 1.03. The molecule has 0 atom stereocenters. The summed E-state index contributed by atoms with van der Waals surface area (Å²) in [6.45, 7) is 13.9. The largest absolute Gasteiger partial charge is 0.342 e. The monoisotopic (exact) mass is 278 g/mol. The fourth-order valence-electron chi connectivity index (χ4n) is 2.04. The predicted molar refractivity (Wildman–Crippen MR) is 87.7 cm³/mol. The van der Waals surface area contributed by atoms with E-state index in [0.717, 1.165) is 44.6 Å². The second kappa shape index (κ2) is 12.7. The quantitative estimate of drug-likeness (QED) is 0.756. The zero-order valence-corrected chi connectivity index (χ0v) is 13.3. The van der Waals surface area contributed by atoms with Crippen LogP contribution in [0.15, 0.2) is 36.5 Å². The molecule has 0 aromatic rings. The van der Waals surface area contributed by atoms with Gasteiger partial charge in [-0.05, 0) is 38.4 Å². The summed E-state index contributed by atoms with van der Waals surface area (Å²) in [6, 6.07) is 0. The van der Waals surface area contributed by atoms with Crippen LogP contribution in [0.5, 0.6) is 0 Å². The molecule has 0 aliphatic carbocycles. The van der Waals surface area contributed by atoms with E-state index in [-0.39, 0.29) is 5.91 Å². The van der Waals surface area contributed by atoms with Crippen molar-refractivity contribution in [2.45, 2.75) is 40.0 Å². The van der Waals surface area contributed by atoms with E-state index >= 15 is 0 Å². The topological polar surface area (TPSA) is 32.3 Å². The number of likely N-dealkylation sites (tertiary alicyclic amines) is 1. The van der Waals surface area contributed by atoms with Crippen LogP contribution in [-0.4, -0.2) is 37.0 Å². The van der Waals surface area contributed by atoms with Gasteiger partial charge >= 0.3 is 0 Å². The van der Waals surface area contributed by atoms with Crippen LogP contribution in [0.25, 0.3) is 0 Å². The number of nitrogens with zero attached hydrogens (tertiary/aromatic N) is 1. The third-order valence-corrected chi connectivity index (χ3v) is 3.03. The Hall–Kier alpha value is -1.35. The lowest BCUT2D eigenvalue weighted by atomic mass is 10.1. The summed E-state index contributed by atoms with van der Waals surface area (Å²) >= 11 is 0. The molecular weight excluding hydrogens is 248 g/mol. The number of nitrogens with one attached hydrogen (secondary N) is 1. The van der Waals surface area contributed by atoms with Crippen LogP contribution in [0, 0.1) is 0 Å². The van der Waals surface area contributed by atoms with Crippen LogP contribution in [0.4, 0.5) is 0 Å². The molecule has 0 spiro atoms. The minimum atomic E-state index is 0.235. The van der Waals surface area contributed by atoms with E-state index in [1.54, 1.807) is 6.08 Å². The average Bonchev–Trinajstić information content (AvgIpc) is 2.95. The average molecular weight is 278 g/mol. The van der Waals surface area contributed by atoms with Crippen LogP contribution in [0.2, 0.25) is 0 Å². The lowest BCUT2D eigenvalue weighted by Crippen LogP contribution is -2.27. The lowest BCUT2D eigenvalue weighted by molar-refractivity contribution is -0.129. The number of allylic oxidation sites excluding steroid dienone is 4. The zero-order chi connectivity index (χ0) is 15.2. The van der Waals surface area contributed by atoms with Crippen molar-refractivity contribution in [2.75, 3.05) is 26.2 Å². The molecule has 1 saturated heterocycles. The van der Waals surface area contributed by atoms with Gasteiger partial charge in [-0.15, -0.1) is 0 Å². The molecule has 1 aliphatic heterocycles. The number of amides is 1. The van der Waals surface area contributed by atoms with E-state index in [9.17, 15) is 4.79 Å². The summed E-state index contributed by atoms with van der Waals surface area (Å²) in [7, 11) is 0. The van der Waals surface area contributed by atoms with Gasteiger partial charge in [-0.2, -0.15) is 0 Å². The van der Waals surface area contributed by atoms with Crippen LogP contribution in [0.1, 0.15) is 40.0 Å². The fraction of sp³-hybridized carbons (Fsp3) is 0.588. The summed E-state index contributed by atoms with van der Waals surface area (Å²) < 4.78 is 0. The molecule has 1 N–H and O–H groups in total. The molecule has 0 aromatic carbocycles. The molecule has 1 amide bonds. The van der Waals surface area contributed by atoms with Gasteiger partial charge in [0.2, 0.25) is 5.91 Å². The van der Waals surface area contributed by atoms with Crippen molar-refractivity contribution in [2.24, 2.45) is 0 Å². The molecule has 3 nitrogen and oxygen atoms in total. The zero-order valence-electron chi connectivity index (χ0n) is 13.3. The molecule has 1 rings (SSSR count). The first-order valence-corrected chi connectivity index (χ1v) is 7.62. The van der Waals surface area contributed by atoms with E-state index in [2.05, 4.69) is 25.7 Å². The van der Waals surface area contributed by atoms with Gasteiger partial charge in [-0.25, -0.2) is 0 Å². The van der Waals surface area contributed by atoms with E-state index in [1.807, 2.05) is 30.1 Å². The summed E-state index contributed by atoms with van der Waals surface area (Å²) in [5, 5.41) is 3.11. The maximum absolute atomic E-state index is 11.8. The highest BCUT2D eigenvalue weighted by molar-refractivity contribution is 5.79. The highest BCUT2D eigenvalue weighted by atomic mass is 16.2. The molecule has 3 heteroatoms. The molecule has 1 heterocycles. The van der Waals surface area contributed by atoms with Crippen molar-refractivity contribution < 1.29 is 4.79 Å². The van der Waals surface area contributed by atoms with Gasteiger partial charge < -0.3 is 10.2 Å². The number of rotatable bonds is 6. The maximum Gasteiger partial charge on any atom is 0.226 e. The minimum Gasteiger partial charge on any atom is -0.342 e. The smallest absolute Gasteiger partial charge is 0.226 e. The van der Waals surface area contributed by atoms with Crippen LogP contribution in [-0.2, 0) is 4.79 Å². The Bertz CT molecular complexity index is 324. The van der Waals surface area contributed by atoms with E-state index in [4.69, 9.17) is 0 Å². The van der Waals surface area contributed by atoms with Gasteiger partial charge in [0.15, 0.2) is 0 Å². The maximum atomic E-state index is 11.8. The number of hydrogen-bond donors (Lipinski definition) is 1. The minimum absolute atomic E-state index is 0.235. The normalized spacial score (nSPS) is 15.2. The van der Waals surface area contributed by atoms with Crippen LogP contribution >= 0.6 is 0 Å². The second-order valence-corrected chi connectivity index (χ2v) is 4.70. The Kier molecular flexibility index (Phi) is 11.8. The Morgan fingerprint density at radius 2 is 1.85 bits per heavy atom. The van der Waals surface area contributed by atoms with Crippen molar-refractivity contribution in [1.82, 2.24) is 10.2 Å². The standard InChI is InChI=1S/C13H19NO.C4H11N/c1-3-7-12(8-4-2)11-13(15)14-9-5-6-10-14;1-3-5-4-2/h3-4,7-8H,1,5-6,9-11H2,2H3;5H,3-4H2,1-2H3/b8-4-,12-7+;. The molecule has 1 fully saturated rings. The Labute approximate surface area is 124 Å². The third kappa shape index (κ3) is 8.70. The van der Waals surface area contributed by atoms with Gasteiger partial charge in [0, 0.05) is 13.1 Å². The van der Waals surface area contributed by atoms with Gasteiger partial charge in [-0.3, -0.25) is 4.79 Å². The molecule has 1 aliphatic rings. The van der Waals surface area contributed by atoms with E-state index in [1.165, 1.54) is 0 Å². The van der Waals surface area contributed by atoms with Gasteiger partial charge in [0.25, 0.3) is 0 Å². The SMILES string of the molecule is C=C/C=C(\C=C/C)CC(=O)N1CCCC1.CCNCC. The van der Waals surface area contributed by atoms with Crippen LogP contribution < -0.4 is 5.32 Å². The van der Waals surface area contributed by atoms with Crippen molar-refractivity contribution in [3.8, 4) is 0 Å². The molecule has 114 valence electrons. The summed E-state index contributed by atoms with van der Waals surface area (Å²) in [4.78, 5) is 13.8. The first-order valence-electron chi connectivity index (χ1n) is 7.62. The fourth-order valence-corrected chi connectivity index (χ4v) is 2.04. The van der Waals surface area contributed by atoms with Gasteiger partial charge in [0.1, 0.15) is 0 Å². The summed E-state index contributed by atoms with van der Waals surface area (Å²) in [5.74, 6) is 0.235. The molecule has 20 heavy (non-hydrogen) atoms. The molecule has 0 bridgehead atoms. The van der Waals surface area contributed by atoms with Gasteiger partial charge in [0.05, 0.1) is 6.42 Å². The van der Waals surface area contributed by atoms with Crippen LogP contribution in [0.3, 0.4) is 0 Å². The predicted octanol–water partition coefficient (Wildman–Crippen LogP) is 3.30. The second-order valence-electron chi connectivity index (χ2n) is 4.70. The van der Waals surface area contributed by atoms with Crippen molar-refractivity contribution >= 4 is 5.91 Å². The van der Waals surface area contributed by atoms with Crippen molar-refractivity contribution in [1.29, 1.82) is 0 Å². The first-order chi connectivity index (χ1) is 9.69. The van der Waals surface area contributed by atoms with E-state index in [0.29, 0.717) is 6.42 Å². The van der Waals surface area contributed by atoms with E-state index < -0.39 is 0 Å². The van der Waals surface area contributed by atoms with Crippen molar-refractivity contribution in [3.05, 3.63) is 36.5 Å². The Morgan fingerprint density at radius 3 is 2.25 bits per heavy atom. The molecule has 0 radical (unpaired) electrons. The highest BCUT2D eigenvalue weighted by Gasteiger charge is 2.17. The Morgan fingerprint density at radius 1 is 1.25 bits per heavy atom. The molecule has 0 saturated carbocycles. The highest BCUT2D eigenvalue weighted by Crippen LogP contribution is 2.13. The Balaban J connectivity index is 0.000000621. The number of carbonyl (C=O) groups is 1. The molecule has 0 aromatic heterocycles.